The number of hydrogen-bond donors (Lipinski definition) is 8. The summed E-state index contributed by atoms with van der Waals surface area (Å²) in [7, 11) is 3.23. The lowest BCUT2D eigenvalue weighted by molar-refractivity contribution is -0.449. The lowest BCUT2D eigenvalue weighted by atomic mass is 9.79. The van der Waals surface area contributed by atoms with Crippen molar-refractivity contribution in [3.05, 3.63) is 0 Å². The standard InChI is InChI=1S/C18H34N4O8/c1-7-6-9(22-16(26)8(23)4-5-19)18(27)17(28-7)29-15-13(25)10(20-2)12(24)11(21-3)14(15)30-18/h7-15,17,20-21,23-25,27H,4-6,19H2,1-3H3,(H,22,26)/t7-,8+,9-,10-,11+,12+,13+,14?,15?,17?,18+/m1/s1. The third-order valence-corrected chi connectivity index (χ3v) is 6.21. The van der Waals surface area contributed by atoms with Gasteiger partial charge in [0, 0.05) is 0 Å². The Bertz CT molecular complexity index is 615. The average molecular weight is 434 g/mol. The van der Waals surface area contributed by atoms with Crippen LogP contribution in [0, 0.1) is 0 Å². The van der Waals surface area contributed by atoms with Crippen LogP contribution in [-0.2, 0) is 19.0 Å². The van der Waals surface area contributed by atoms with E-state index in [4.69, 9.17) is 19.9 Å². The zero-order valence-corrected chi connectivity index (χ0v) is 17.4. The molecule has 0 aromatic rings. The van der Waals surface area contributed by atoms with Crippen molar-refractivity contribution in [2.45, 2.75) is 86.6 Å². The van der Waals surface area contributed by atoms with Gasteiger partial charge in [0.2, 0.25) is 18.0 Å². The van der Waals surface area contributed by atoms with E-state index in [2.05, 4.69) is 16.0 Å². The number of ether oxygens (including phenoxy) is 3. The molecule has 9 N–H and O–H groups in total. The minimum Gasteiger partial charge on any atom is -0.390 e. The molecule has 3 fully saturated rings. The van der Waals surface area contributed by atoms with Crippen molar-refractivity contribution in [2.75, 3.05) is 20.6 Å². The molecule has 0 aromatic heterocycles. The molecule has 30 heavy (non-hydrogen) atoms. The van der Waals surface area contributed by atoms with Crippen LogP contribution in [0.3, 0.4) is 0 Å². The molecule has 3 unspecified atom stereocenters. The first-order valence-electron chi connectivity index (χ1n) is 10.3. The fraction of sp³-hybridized carbons (Fsp3) is 0.944. The molecule has 1 aliphatic carbocycles. The molecular formula is C18H34N4O8. The Morgan fingerprint density at radius 2 is 1.83 bits per heavy atom. The fourth-order valence-electron chi connectivity index (χ4n) is 4.57. The zero-order valence-electron chi connectivity index (χ0n) is 17.4. The van der Waals surface area contributed by atoms with Crippen molar-refractivity contribution < 1.29 is 39.4 Å². The summed E-state index contributed by atoms with van der Waals surface area (Å²) in [6.45, 7) is 1.87. The lowest BCUT2D eigenvalue weighted by Crippen LogP contribution is -2.79. The maximum Gasteiger partial charge on any atom is 0.249 e. The van der Waals surface area contributed by atoms with Gasteiger partial charge in [-0.15, -0.1) is 0 Å². The fourth-order valence-corrected chi connectivity index (χ4v) is 4.57. The summed E-state index contributed by atoms with van der Waals surface area (Å²) in [6, 6.07) is -2.33. The van der Waals surface area contributed by atoms with Gasteiger partial charge in [-0.3, -0.25) is 4.79 Å². The van der Waals surface area contributed by atoms with Gasteiger partial charge in [-0.1, -0.05) is 0 Å². The maximum atomic E-state index is 12.3. The summed E-state index contributed by atoms with van der Waals surface area (Å²) in [5, 5.41) is 51.1. The van der Waals surface area contributed by atoms with E-state index in [9.17, 15) is 25.2 Å². The normalized spacial score (nSPS) is 47.1. The van der Waals surface area contributed by atoms with Crippen LogP contribution in [0.2, 0.25) is 0 Å². The summed E-state index contributed by atoms with van der Waals surface area (Å²) in [4.78, 5) is 12.3. The Kier molecular flexibility index (Phi) is 7.34. The molecule has 0 aromatic carbocycles. The van der Waals surface area contributed by atoms with Gasteiger partial charge in [0.15, 0.2) is 0 Å². The highest BCUT2D eigenvalue weighted by Gasteiger charge is 2.63. The average Bonchev–Trinajstić information content (AvgIpc) is 2.69. The van der Waals surface area contributed by atoms with Gasteiger partial charge < -0.3 is 56.3 Å². The number of carbonyl (C=O) groups excluding carboxylic acids is 1. The minimum absolute atomic E-state index is 0.0696. The van der Waals surface area contributed by atoms with Crippen molar-refractivity contribution in [1.29, 1.82) is 0 Å². The molecule has 0 bridgehead atoms. The van der Waals surface area contributed by atoms with Gasteiger partial charge >= 0.3 is 0 Å². The Morgan fingerprint density at radius 1 is 1.17 bits per heavy atom. The van der Waals surface area contributed by atoms with E-state index in [0.29, 0.717) is 0 Å². The molecule has 12 nitrogen and oxygen atoms in total. The summed E-state index contributed by atoms with van der Waals surface area (Å²) in [6.07, 6.45) is -6.77. The molecule has 0 spiro atoms. The van der Waals surface area contributed by atoms with Gasteiger partial charge in [-0.25, -0.2) is 0 Å². The molecule has 0 radical (unpaired) electrons. The van der Waals surface area contributed by atoms with Crippen LogP contribution in [0.5, 0.6) is 0 Å². The van der Waals surface area contributed by atoms with E-state index in [1.165, 1.54) is 0 Å². The van der Waals surface area contributed by atoms with E-state index in [0.717, 1.165) is 0 Å². The smallest absolute Gasteiger partial charge is 0.249 e. The highest BCUT2D eigenvalue weighted by molar-refractivity contribution is 5.80. The number of rotatable bonds is 6. The third kappa shape index (κ3) is 4.09. The number of aliphatic hydroxyl groups excluding tert-OH is 3. The summed E-state index contributed by atoms with van der Waals surface area (Å²) in [5.74, 6) is -2.78. The van der Waals surface area contributed by atoms with E-state index >= 15 is 0 Å². The molecule has 2 heterocycles. The van der Waals surface area contributed by atoms with Gasteiger partial charge in [0.25, 0.3) is 0 Å². The molecular weight excluding hydrogens is 400 g/mol. The molecule has 3 aliphatic rings. The first-order chi connectivity index (χ1) is 14.2. The lowest BCUT2D eigenvalue weighted by Gasteiger charge is -2.58. The van der Waals surface area contributed by atoms with Crippen LogP contribution >= 0.6 is 0 Å². The SMILES string of the molecule is CN[C@@H]1[C@H](O)[C@H](NC)C2O[C@]3(O)C(OC2[C@H]1O)O[C@H](C)C[C@H]3NC(=O)[C@@H](O)CCN. The predicted molar refractivity (Wildman–Crippen MR) is 103 cm³/mol. The first kappa shape index (κ1) is 23.7. The van der Waals surface area contributed by atoms with Gasteiger partial charge in [-0.2, -0.15) is 0 Å². The molecule has 174 valence electrons. The summed E-state index contributed by atoms with van der Waals surface area (Å²) < 4.78 is 17.7. The van der Waals surface area contributed by atoms with Crippen LogP contribution < -0.4 is 21.7 Å². The van der Waals surface area contributed by atoms with E-state index < -0.39 is 72.7 Å². The van der Waals surface area contributed by atoms with Crippen molar-refractivity contribution in [2.24, 2.45) is 5.73 Å². The summed E-state index contributed by atoms with van der Waals surface area (Å²) >= 11 is 0. The number of hydrogen-bond acceptors (Lipinski definition) is 11. The number of likely N-dealkylation sites (N-methyl/N-ethyl adjacent to an activating group) is 2. The minimum atomic E-state index is -2.09. The van der Waals surface area contributed by atoms with Crippen LogP contribution in [0.4, 0.5) is 0 Å². The van der Waals surface area contributed by atoms with Crippen molar-refractivity contribution >= 4 is 5.91 Å². The number of carbonyl (C=O) groups is 1. The molecule has 2 aliphatic heterocycles. The highest BCUT2D eigenvalue weighted by Crippen LogP contribution is 2.41. The largest absolute Gasteiger partial charge is 0.390 e. The third-order valence-electron chi connectivity index (χ3n) is 6.21. The quantitative estimate of drug-likeness (QED) is 0.202. The van der Waals surface area contributed by atoms with Crippen LogP contribution in [0.15, 0.2) is 0 Å². The first-order valence-corrected chi connectivity index (χ1v) is 10.3. The highest BCUT2D eigenvalue weighted by atomic mass is 16.8. The predicted octanol–water partition coefficient (Wildman–Crippen LogP) is -4.30. The van der Waals surface area contributed by atoms with Crippen molar-refractivity contribution in [3.63, 3.8) is 0 Å². The Hall–Kier alpha value is -0.930. The molecule has 12 heteroatoms. The topological polar surface area (TPSA) is 188 Å². The van der Waals surface area contributed by atoms with Crippen LogP contribution in [-0.4, -0.2) is 114 Å². The van der Waals surface area contributed by atoms with E-state index in [-0.39, 0.29) is 19.4 Å². The number of aliphatic hydroxyl groups is 4. The Morgan fingerprint density at radius 3 is 2.43 bits per heavy atom. The maximum absolute atomic E-state index is 12.3. The Balaban J connectivity index is 1.86. The number of amides is 1. The Labute approximate surface area is 175 Å². The molecule has 1 amide bonds. The number of nitrogens with two attached hydrogens (primary N) is 1. The molecule has 1 saturated carbocycles. The number of fused-ring (bicyclic) bond motifs is 2. The van der Waals surface area contributed by atoms with Crippen LogP contribution in [0.1, 0.15) is 19.8 Å². The zero-order chi connectivity index (χ0) is 22.2. The second-order valence-corrected chi connectivity index (χ2v) is 8.21. The monoisotopic (exact) mass is 434 g/mol. The molecule has 11 atom stereocenters. The molecule has 2 saturated heterocycles. The van der Waals surface area contributed by atoms with Crippen molar-refractivity contribution in [3.8, 4) is 0 Å². The van der Waals surface area contributed by atoms with Crippen LogP contribution in [0.25, 0.3) is 0 Å². The second-order valence-electron chi connectivity index (χ2n) is 8.21. The van der Waals surface area contributed by atoms with Gasteiger partial charge in [0.05, 0.1) is 30.3 Å². The van der Waals surface area contributed by atoms with Crippen molar-refractivity contribution in [1.82, 2.24) is 16.0 Å². The van der Waals surface area contributed by atoms with E-state index in [1.54, 1.807) is 21.0 Å². The van der Waals surface area contributed by atoms with Gasteiger partial charge in [0.1, 0.15) is 24.4 Å². The molecule has 3 rings (SSSR count). The number of nitrogens with one attached hydrogen (secondary N) is 3. The van der Waals surface area contributed by atoms with E-state index in [1.807, 2.05) is 0 Å². The second kappa shape index (κ2) is 9.28. The summed E-state index contributed by atoms with van der Waals surface area (Å²) in [5.41, 5.74) is 5.39. The van der Waals surface area contributed by atoms with Gasteiger partial charge in [-0.05, 0) is 40.4 Å².